The molecule has 2 amide bonds. The summed E-state index contributed by atoms with van der Waals surface area (Å²) in [6.07, 6.45) is 3.23. The lowest BCUT2D eigenvalue weighted by Crippen LogP contribution is -2.54. The standard InChI is InChI=1S/C13H24N2O2/c1-5-13(6-2,7-3)15-9-8-11(16)14-10(4)12(15)17/h10H,5-9H2,1-4H3,(H,14,16). The third kappa shape index (κ3) is 2.61. The van der Waals surface area contributed by atoms with Gasteiger partial charge in [0.15, 0.2) is 0 Å². The largest absolute Gasteiger partial charge is 0.345 e. The van der Waals surface area contributed by atoms with Crippen LogP contribution in [0.3, 0.4) is 0 Å². The van der Waals surface area contributed by atoms with Crippen LogP contribution in [0.4, 0.5) is 0 Å². The fourth-order valence-corrected chi connectivity index (χ4v) is 2.73. The van der Waals surface area contributed by atoms with Crippen molar-refractivity contribution in [2.75, 3.05) is 6.54 Å². The Hall–Kier alpha value is -1.06. The summed E-state index contributed by atoms with van der Waals surface area (Å²) in [4.78, 5) is 25.7. The van der Waals surface area contributed by atoms with Gasteiger partial charge in [-0.25, -0.2) is 0 Å². The Labute approximate surface area is 104 Å². The first-order chi connectivity index (χ1) is 8.00. The van der Waals surface area contributed by atoms with E-state index in [1.54, 1.807) is 6.92 Å². The van der Waals surface area contributed by atoms with Crippen LogP contribution in [-0.2, 0) is 9.59 Å². The van der Waals surface area contributed by atoms with Gasteiger partial charge in [-0.3, -0.25) is 9.59 Å². The van der Waals surface area contributed by atoms with Gasteiger partial charge in [-0.2, -0.15) is 0 Å². The summed E-state index contributed by atoms with van der Waals surface area (Å²) < 4.78 is 0. The molecule has 1 unspecified atom stereocenters. The van der Waals surface area contributed by atoms with E-state index < -0.39 is 6.04 Å². The van der Waals surface area contributed by atoms with Gasteiger partial charge in [0.25, 0.3) is 0 Å². The molecule has 0 aromatic rings. The van der Waals surface area contributed by atoms with Crippen molar-refractivity contribution < 1.29 is 9.59 Å². The van der Waals surface area contributed by atoms with Gasteiger partial charge in [0.1, 0.15) is 6.04 Å². The van der Waals surface area contributed by atoms with E-state index in [1.165, 1.54) is 0 Å². The minimum Gasteiger partial charge on any atom is -0.345 e. The molecule has 4 heteroatoms. The maximum Gasteiger partial charge on any atom is 0.245 e. The number of nitrogens with one attached hydrogen (secondary N) is 1. The number of carbonyl (C=O) groups is 2. The highest BCUT2D eigenvalue weighted by atomic mass is 16.2. The maximum atomic E-state index is 12.3. The van der Waals surface area contributed by atoms with Crippen molar-refractivity contribution in [3.8, 4) is 0 Å². The first-order valence-electron chi connectivity index (χ1n) is 6.61. The fourth-order valence-electron chi connectivity index (χ4n) is 2.73. The zero-order valence-corrected chi connectivity index (χ0v) is 11.4. The van der Waals surface area contributed by atoms with Gasteiger partial charge in [0.05, 0.1) is 0 Å². The molecule has 17 heavy (non-hydrogen) atoms. The lowest BCUT2D eigenvalue weighted by Gasteiger charge is -2.43. The maximum absolute atomic E-state index is 12.3. The van der Waals surface area contributed by atoms with E-state index in [0.717, 1.165) is 19.3 Å². The van der Waals surface area contributed by atoms with E-state index in [9.17, 15) is 9.59 Å². The monoisotopic (exact) mass is 240 g/mol. The number of hydrogen-bond acceptors (Lipinski definition) is 2. The Morgan fingerprint density at radius 1 is 1.24 bits per heavy atom. The number of carbonyl (C=O) groups excluding carboxylic acids is 2. The molecule has 0 aromatic heterocycles. The van der Waals surface area contributed by atoms with Crippen molar-refractivity contribution in [2.24, 2.45) is 0 Å². The van der Waals surface area contributed by atoms with Crippen molar-refractivity contribution >= 4 is 11.8 Å². The molecule has 98 valence electrons. The molecule has 1 aliphatic rings. The number of rotatable bonds is 4. The molecule has 0 saturated carbocycles. The van der Waals surface area contributed by atoms with Crippen molar-refractivity contribution in [2.45, 2.75) is 65.0 Å². The van der Waals surface area contributed by atoms with E-state index in [-0.39, 0.29) is 17.4 Å². The molecule has 4 nitrogen and oxygen atoms in total. The average Bonchev–Trinajstić information content (AvgIpc) is 2.45. The number of amides is 2. The summed E-state index contributed by atoms with van der Waals surface area (Å²) in [5.74, 6) is 0.0342. The van der Waals surface area contributed by atoms with Crippen LogP contribution in [-0.4, -0.2) is 34.8 Å². The Bertz CT molecular complexity index is 290. The quantitative estimate of drug-likeness (QED) is 0.813. The molecule has 0 aliphatic carbocycles. The zero-order chi connectivity index (χ0) is 13.1. The van der Waals surface area contributed by atoms with E-state index in [0.29, 0.717) is 13.0 Å². The first-order valence-corrected chi connectivity index (χ1v) is 6.61. The van der Waals surface area contributed by atoms with Crippen LogP contribution in [0.1, 0.15) is 53.4 Å². The van der Waals surface area contributed by atoms with Gasteiger partial charge in [-0.1, -0.05) is 20.8 Å². The van der Waals surface area contributed by atoms with Crippen molar-refractivity contribution in [1.82, 2.24) is 10.2 Å². The molecular formula is C13H24N2O2. The first kappa shape index (κ1) is 14.0. The van der Waals surface area contributed by atoms with Gasteiger partial charge in [0, 0.05) is 18.5 Å². The third-order valence-corrected chi connectivity index (χ3v) is 4.12. The second-order valence-corrected chi connectivity index (χ2v) is 4.81. The Morgan fingerprint density at radius 2 is 1.76 bits per heavy atom. The molecular weight excluding hydrogens is 216 g/mol. The average molecular weight is 240 g/mol. The van der Waals surface area contributed by atoms with Crippen LogP contribution < -0.4 is 5.32 Å². The van der Waals surface area contributed by atoms with Crippen molar-refractivity contribution in [3.05, 3.63) is 0 Å². The molecule has 0 bridgehead atoms. The Morgan fingerprint density at radius 3 is 2.24 bits per heavy atom. The second-order valence-electron chi connectivity index (χ2n) is 4.81. The molecule has 0 aromatic carbocycles. The van der Waals surface area contributed by atoms with Crippen LogP contribution in [0.25, 0.3) is 0 Å². The molecule has 0 radical (unpaired) electrons. The summed E-state index contributed by atoms with van der Waals surface area (Å²) in [6, 6.07) is -0.394. The highest BCUT2D eigenvalue weighted by Gasteiger charge is 2.38. The van der Waals surface area contributed by atoms with Gasteiger partial charge < -0.3 is 10.2 Å². The Balaban J connectivity index is 3.00. The molecule has 1 rings (SSSR count). The summed E-state index contributed by atoms with van der Waals surface area (Å²) in [5.41, 5.74) is -0.0857. The lowest BCUT2D eigenvalue weighted by atomic mass is 9.87. The van der Waals surface area contributed by atoms with Crippen LogP contribution in [0.15, 0.2) is 0 Å². The van der Waals surface area contributed by atoms with Gasteiger partial charge in [-0.05, 0) is 26.2 Å². The van der Waals surface area contributed by atoms with E-state index in [2.05, 4.69) is 26.1 Å². The lowest BCUT2D eigenvalue weighted by molar-refractivity contribution is -0.139. The molecule has 1 aliphatic heterocycles. The minimum atomic E-state index is -0.394. The van der Waals surface area contributed by atoms with E-state index in [1.807, 2.05) is 4.90 Å². The topological polar surface area (TPSA) is 49.4 Å². The van der Waals surface area contributed by atoms with Crippen LogP contribution in [0.5, 0.6) is 0 Å². The molecule has 0 spiro atoms. The molecule has 1 saturated heterocycles. The summed E-state index contributed by atoms with van der Waals surface area (Å²) in [7, 11) is 0. The normalized spacial score (nSPS) is 22.4. The number of nitrogens with zero attached hydrogens (tertiary/aromatic N) is 1. The van der Waals surface area contributed by atoms with Crippen LogP contribution in [0.2, 0.25) is 0 Å². The van der Waals surface area contributed by atoms with E-state index >= 15 is 0 Å². The van der Waals surface area contributed by atoms with Gasteiger partial charge >= 0.3 is 0 Å². The molecule has 1 fully saturated rings. The second kappa shape index (κ2) is 5.52. The SMILES string of the molecule is CCC(CC)(CC)N1CCC(=O)NC(C)C1=O. The summed E-state index contributed by atoms with van der Waals surface area (Å²) in [5, 5.41) is 2.74. The summed E-state index contributed by atoms with van der Waals surface area (Å²) in [6.45, 7) is 8.66. The van der Waals surface area contributed by atoms with Gasteiger partial charge in [-0.15, -0.1) is 0 Å². The highest BCUT2D eigenvalue weighted by Crippen LogP contribution is 2.29. The van der Waals surface area contributed by atoms with E-state index in [4.69, 9.17) is 0 Å². The van der Waals surface area contributed by atoms with Gasteiger partial charge in [0.2, 0.25) is 11.8 Å². The molecule has 1 atom stereocenters. The smallest absolute Gasteiger partial charge is 0.245 e. The van der Waals surface area contributed by atoms with Crippen molar-refractivity contribution in [3.63, 3.8) is 0 Å². The third-order valence-electron chi connectivity index (χ3n) is 4.12. The number of hydrogen-bond donors (Lipinski definition) is 1. The molecule has 1 N–H and O–H groups in total. The fraction of sp³-hybridized carbons (Fsp3) is 0.846. The minimum absolute atomic E-state index is 0.0226. The predicted molar refractivity (Wildman–Crippen MR) is 67.5 cm³/mol. The highest BCUT2D eigenvalue weighted by molar-refractivity contribution is 5.90. The van der Waals surface area contributed by atoms with Crippen LogP contribution in [0, 0.1) is 0 Å². The zero-order valence-electron chi connectivity index (χ0n) is 11.4. The Kier molecular flexibility index (Phi) is 4.54. The van der Waals surface area contributed by atoms with Crippen LogP contribution >= 0.6 is 0 Å². The predicted octanol–water partition coefficient (Wildman–Crippen LogP) is 1.69. The molecule has 1 heterocycles. The van der Waals surface area contributed by atoms with Crippen molar-refractivity contribution in [1.29, 1.82) is 0 Å². The summed E-state index contributed by atoms with van der Waals surface area (Å²) >= 11 is 0.